The van der Waals surface area contributed by atoms with E-state index in [4.69, 9.17) is 4.74 Å². The van der Waals surface area contributed by atoms with Gasteiger partial charge in [-0.05, 0) is 39.7 Å². The number of amides is 1. The molecule has 1 unspecified atom stereocenters. The Morgan fingerprint density at radius 3 is 2.83 bits per heavy atom. The van der Waals surface area contributed by atoms with Crippen LogP contribution in [0.2, 0.25) is 0 Å². The molecule has 0 N–H and O–H groups in total. The molecule has 2 heterocycles. The third kappa shape index (κ3) is 3.24. The van der Waals surface area contributed by atoms with Gasteiger partial charge in [0.05, 0.1) is 6.04 Å². The molecule has 0 spiro atoms. The number of piperidine rings is 1. The van der Waals surface area contributed by atoms with Crippen molar-refractivity contribution < 1.29 is 9.53 Å². The third-order valence-corrected chi connectivity index (χ3v) is 2.95. The molecule has 2 rings (SSSR count). The maximum absolute atomic E-state index is 12.0. The molecule has 0 aliphatic carbocycles. The molecule has 0 radical (unpaired) electrons. The van der Waals surface area contributed by atoms with Crippen LogP contribution in [0.3, 0.4) is 0 Å². The SMILES string of the molecule is CC(C)(C)OC(=O)N1CCCC(n2cccn2)C1. The van der Waals surface area contributed by atoms with Gasteiger partial charge in [0.25, 0.3) is 0 Å². The Kier molecular flexibility index (Phi) is 3.59. The van der Waals surface area contributed by atoms with Crippen molar-refractivity contribution in [1.82, 2.24) is 14.7 Å². The quantitative estimate of drug-likeness (QED) is 0.770. The normalized spacial score (nSPS) is 20.8. The first-order chi connectivity index (χ1) is 8.46. The summed E-state index contributed by atoms with van der Waals surface area (Å²) in [5, 5.41) is 4.25. The molecule has 1 fully saturated rings. The van der Waals surface area contributed by atoms with Gasteiger partial charge in [-0.25, -0.2) is 4.79 Å². The van der Waals surface area contributed by atoms with Crippen molar-refractivity contribution in [3.63, 3.8) is 0 Å². The number of likely N-dealkylation sites (tertiary alicyclic amines) is 1. The second kappa shape index (κ2) is 5.00. The summed E-state index contributed by atoms with van der Waals surface area (Å²) in [7, 11) is 0. The number of carbonyl (C=O) groups excluding carboxylic acids is 1. The highest BCUT2D eigenvalue weighted by molar-refractivity contribution is 5.68. The van der Waals surface area contributed by atoms with E-state index < -0.39 is 5.60 Å². The van der Waals surface area contributed by atoms with Gasteiger partial charge in [-0.2, -0.15) is 5.10 Å². The summed E-state index contributed by atoms with van der Waals surface area (Å²) < 4.78 is 7.33. The van der Waals surface area contributed by atoms with Crippen LogP contribution in [0.15, 0.2) is 18.5 Å². The number of aromatic nitrogens is 2. The molecular weight excluding hydrogens is 230 g/mol. The molecule has 1 aliphatic heterocycles. The zero-order valence-corrected chi connectivity index (χ0v) is 11.3. The van der Waals surface area contributed by atoms with Crippen LogP contribution in [0.1, 0.15) is 39.7 Å². The Morgan fingerprint density at radius 2 is 2.22 bits per heavy atom. The van der Waals surface area contributed by atoms with Gasteiger partial charge in [0.15, 0.2) is 0 Å². The summed E-state index contributed by atoms with van der Waals surface area (Å²) in [5.74, 6) is 0. The number of nitrogens with zero attached hydrogens (tertiary/aromatic N) is 3. The van der Waals surface area contributed by atoms with Crippen molar-refractivity contribution in [3.8, 4) is 0 Å². The zero-order chi connectivity index (χ0) is 13.2. The number of rotatable bonds is 1. The maximum Gasteiger partial charge on any atom is 0.410 e. The van der Waals surface area contributed by atoms with Gasteiger partial charge in [-0.15, -0.1) is 0 Å². The largest absolute Gasteiger partial charge is 0.444 e. The van der Waals surface area contributed by atoms with E-state index in [2.05, 4.69) is 5.10 Å². The van der Waals surface area contributed by atoms with Crippen LogP contribution >= 0.6 is 0 Å². The average Bonchev–Trinajstić information content (AvgIpc) is 2.80. The Labute approximate surface area is 108 Å². The van der Waals surface area contributed by atoms with Crippen molar-refractivity contribution in [1.29, 1.82) is 0 Å². The highest BCUT2D eigenvalue weighted by atomic mass is 16.6. The summed E-state index contributed by atoms with van der Waals surface area (Å²) in [6.45, 7) is 7.11. The van der Waals surface area contributed by atoms with Crippen LogP contribution < -0.4 is 0 Å². The van der Waals surface area contributed by atoms with Crippen LogP contribution in [-0.2, 0) is 4.74 Å². The fraction of sp³-hybridized carbons (Fsp3) is 0.692. The number of hydrogen-bond donors (Lipinski definition) is 0. The van der Waals surface area contributed by atoms with Gasteiger partial charge in [0.2, 0.25) is 0 Å². The minimum Gasteiger partial charge on any atom is -0.444 e. The molecule has 1 saturated heterocycles. The fourth-order valence-electron chi connectivity index (χ4n) is 2.16. The summed E-state index contributed by atoms with van der Waals surface area (Å²) in [4.78, 5) is 13.8. The second-order valence-corrected chi connectivity index (χ2v) is 5.71. The lowest BCUT2D eigenvalue weighted by Gasteiger charge is -2.34. The number of hydrogen-bond acceptors (Lipinski definition) is 3. The summed E-state index contributed by atoms with van der Waals surface area (Å²) >= 11 is 0. The van der Waals surface area contributed by atoms with Gasteiger partial charge in [0.1, 0.15) is 5.60 Å². The van der Waals surface area contributed by atoms with Crippen molar-refractivity contribution in [2.24, 2.45) is 0 Å². The average molecular weight is 251 g/mol. The van der Waals surface area contributed by atoms with Crippen molar-refractivity contribution >= 4 is 6.09 Å². The van der Waals surface area contributed by atoms with Crippen molar-refractivity contribution in [3.05, 3.63) is 18.5 Å². The smallest absolute Gasteiger partial charge is 0.410 e. The fourth-order valence-corrected chi connectivity index (χ4v) is 2.16. The molecule has 0 aromatic carbocycles. The number of ether oxygens (including phenoxy) is 1. The van der Waals surface area contributed by atoms with Crippen LogP contribution in [-0.4, -0.2) is 39.5 Å². The Morgan fingerprint density at radius 1 is 1.44 bits per heavy atom. The van der Waals surface area contributed by atoms with Gasteiger partial charge in [0, 0.05) is 25.5 Å². The van der Waals surface area contributed by atoms with Gasteiger partial charge >= 0.3 is 6.09 Å². The summed E-state index contributed by atoms with van der Waals surface area (Å²) in [5.41, 5.74) is -0.435. The van der Waals surface area contributed by atoms with Crippen LogP contribution in [0, 0.1) is 0 Å². The highest BCUT2D eigenvalue weighted by Crippen LogP contribution is 2.22. The molecule has 1 aliphatic rings. The first kappa shape index (κ1) is 12.9. The minimum absolute atomic E-state index is 0.223. The molecule has 0 saturated carbocycles. The zero-order valence-electron chi connectivity index (χ0n) is 11.3. The van der Waals surface area contributed by atoms with E-state index >= 15 is 0 Å². The lowest BCUT2D eigenvalue weighted by Crippen LogP contribution is -2.43. The van der Waals surface area contributed by atoms with Crippen molar-refractivity contribution in [2.45, 2.75) is 45.3 Å². The van der Waals surface area contributed by atoms with Gasteiger partial charge in [-0.1, -0.05) is 0 Å². The van der Waals surface area contributed by atoms with E-state index in [9.17, 15) is 4.79 Å². The van der Waals surface area contributed by atoms with E-state index in [1.54, 1.807) is 11.1 Å². The van der Waals surface area contributed by atoms with Crippen LogP contribution in [0.4, 0.5) is 4.79 Å². The summed E-state index contributed by atoms with van der Waals surface area (Å²) in [6.07, 6.45) is 5.54. The first-order valence-electron chi connectivity index (χ1n) is 6.43. The van der Waals surface area contributed by atoms with E-state index in [1.165, 1.54) is 0 Å². The molecule has 1 atom stereocenters. The van der Waals surface area contributed by atoms with Crippen LogP contribution in [0.5, 0.6) is 0 Å². The molecule has 100 valence electrons. The first-order valence-corrected chi connectivity index (χ1v) is 6.43. The Hall–Kier alpha value is -1.52. The predicted molar refractivity (Wildman–Crippen MR) is 68.3 cm³/mol. The third-order valence-electron chi connectivity index (χ3n) is 2.95. The van der Waals surface area contributed by atoms with E-state index in [-0.39, 0.29) is 12.1 Å². The second-order valence-electron chi connectivity index (χ2n) is 5.71. The molecule has 5 nitrogen and oxygen atoms in total. The highest BCUT2D eigenvalue weighted by Gasteiger charge is 2.28. The van der Waals surface area contributed by atoms with E-state index in [0.717, 1.165) is 19.4 Å². The molecule has 1 amide bonds. The van der Waals surface area contributed by atoms with E-state index in [0.29, 0.717) is 6.54 Å². The topological polar surface area (TPSA) is 47.4 Å². The van der Waals surface area contributed by atoms with Crippen molar-refractivity contribution in [2.75, 3.05) is 13.1 Å². The molecule has 0 bridgehead atoms. The molecular formula is C13H21N3O2. The Balaban J connectivity index is 1.96. The summed E-state index contributed by atoms with van der Waals surface area (Å²) in [6, 6.07) is 2.17. The molecule has 5 heteroatoms. The molecule has 1 aromatic rings. The monoisotopic (exact) mass is 251 g/mol. The number of carbonyl (C=O) groups is 1. The molecule has 18 heavy (non-hydrogen) atoms. The minimum atomic E-state index is -0.435. The van der Waals surface area contributed by atoms with Gasteiger partial charge in [-0.3, -0.25) is 4.68 Å². The van der Waals surface area contributed by atoms with Gasteiger partial charge < -0.3 is 9.64 Å². The van der Waals surface area contributed by atoms with E-state index in [1.807, 2.05) is 37.7 Å². The predicted octanol–water partition coefficient (Wildman–Crippen LogP) is 2.46. The lowest BCUT2D eigenvalue weighted by molar-refractivity contribution is 0.0167. The maximum atomic E-state index is 12.0. The van der Waals surface area contributed by atoms with Crippen LogP contribution in [0.25, 0.3) is 0 Å². The Bertz CT molecular complexity index is 395. The standard InChI is InChI=1S/C13H21N3O2/c1-13(2,3)18-12(17)15-8-4-6-11(10-15)16-9-5-7-14-16/h5,7,9,11H,4,6,8,10H2,1-3H3. The molecule has 1 aromatic heterocycles. The lowest BCUT2D eigenvalue weighted by atomic mass is 10.1.